The van der Waals surface area contributed by atoms with Crippen molar-refractivity contribution >= 4 is 17.6 Å². The molecule has 2 aromatic carbocycles. The highest BCUT2D eigenvalue weighted by Crippen LogP contribution is 2.32. The fourth-order valence-electron chi connectivity index (χ4n) is 4.62. The number of carbonyl (C=O) groups is 2. The number of nitrogens with zero attached hydrogens (tertiary/aromatic N) is 2. The van der Waals surface area contributed by atoms with E-state index < -0.39 is 5.97 Å². The van der Waals surface area contributed by atoms with Gasteiger partial charge in [-0.3, -0.25) is 14.6 Å². The van der Waals surface area contributed by atoms with Crippen LogP contribution in [0.2, 0.25) is 0 Å². The Hall–Kier alpha value is -3.15. The lowest BCUT2D eigenvalue weighted by molar-refractivity contribution is -0.140. The van der Waals surface area contributed by atoms with Gasteiger partial charge in [0.05, 0.1) is 0 Å². The molecule has 4 rings (SSSR count). The summed E-state index contributed by atoms with van der Waals surface area (Å²) in [4.78, 5) is 30.8. The molecule has 0 bridgehead atoms. The molecule has 2 heterocycles. The van der Waals surface area contributed by atoms with Crippen molar-refractivity contribution < 1.29 is 19.4 Å². The van der Waals surface area contributed by atoms with Crippen LogP contribution in [0.25, 0.3) is 0 Å². The van der Waals surface area contributed by atoms with Crippen LogP contribution in [0.1, 0.15) is 30.4 Å². The summed E-state index contributed by atoms with van der Waals surface area (Å²) in [5.74, 6) is -0.0769. The molecule has 0 aromatic heterocycles. The number of carbonyl (C=O) groups excluding carboxylic acids is 1. The van der Waals surface area contributed by atoms with E-state index >= 15 is 0 Å². The number of benzene rings is 2. The lowest BCUT2D eigenvalue weighted by atomic mass is 9.78. The first-order valence-corrected chi connectivity index (χ1v) is 10.9. The second-order valence-electron chi connectivity index (χ2n) is 8.29. The Morgan fingerprint density at radius 3 is 2.65 bits per heavy atom. The van der Waals surface area contributed by atoms with Gasteiger partial charge in [0.1, 0.15) is 5.75 Å². The number of fused-ring (bicyclic) bond motifs is 1. The molecule has 2 unspecified atom stereocenters. The molecular formula is C25H28N2O4. The Morgan fingerprint density at radius 2 is 1.84 bits per heavy atom. The number of piperidine rings is 1. The molecule has 6 heteroatoms. The highest BCUT2D eigenvalue weighted by Gasteiger charge is 2.34. The Bertz CT molecular complexity index is 957. The summed E-state index contributed by atoms with van der Waals surface area (Å²) in [6.45, 7) is 1.85. The van der Waals surface area contributed by atoms with Crippen LogP contribution in [0.5, 0.6) is 5.75 Å². The van der Waals surface area contributed by atoms with Crippen LogP contribution in [-0.4, -0.2) is 53.8 Å². The van der Waals surface area contributed by atoms with Gasteiger partial charge < -0.3 is 14.7 Å². The van der Waals surface area contributed by atoms with Crippen molar-refractivity contribution in [3.8, 4) is 5.75 Å². The topological polar surface area (TPSA) is 79.2 Å². The summed E-state index contributed by atoms with van der Waals surface area (Å²) >= 11 is 0. The van der Waals surface area contributed by atoms with Gasteiger partial charge in [-0.15, -0.1) is 0 Å². The SMILES string of the molecule is O=C(O)CC1CCN(C(=O)COc2ccccc2)CC1CC1=NCCc2ccccc21. The Balaban J connectivity index is 1.44. The standard InChI is InChI=1S/C25H28N2O4/c28-24(17-31-21-7-2-1-3-8-21)27-13-11-19(15-25(29)30)20(16-27)14-23-22-9-5-4-6-18(22)10-12-26-23/h1-9,19-20H,10-17H2,(H,29,30). The minimum atomic E-state index is -0.784. The first-order valence-electron chi connectivity index (χ1n) is 10.9. The number of rotatable bonds is 7. The van der Waals surface area contributed by atoms with E-state index in [1.807, 2.05) is 47.4 Å². The molecule has 1 fully saturated rings. The quantitative estimate of drug-likeness (QED) is 0.744. The van der Waals surface area contributed by atoms with Gasteiger partial charge in [0, 0.05) is 31.8 Å². The molecule has 31 heavy (non-hydrogen) atoms. The average molecular weight is 421 g/mol. The second kappa shape index (κ2) is 9.77. The van der Waals surface area contributed by atoms with Crippen LogP contribution in [0.4, 0.5) is 0 Å². The molecule has 1 saturated heterocycles. The highest BCUT2D eigenvalue weighted by atomic mass is 16.5. The Labute approximate surface area is 182 Å². The number of hydrogen-bond donors (Lipinski definition) is 1. The molecule has 0 radical (unpaired) electrons. The van der Waals surface area contributed by atoms with Crippen LogP contribution >= 0.6 is 0 Å². The van der Waals surface area contributed by atoms with Crippen LogP contribution in [-0.2, 0) is 16.0 Å². The third kappa shape index (κ3) is 5.32. The van der Waals surface area contributed by atoms with Gasteiger partial charge >= 0.3 is 5.97 Å². The molecule has 0 aliphatic carbocycles. The van der Waals surface area contributed by atoms with E-state index in [2.05, 4.69) is 12.1 Å². The summed E-state index contributed by atoms with van der Waals surface area (Å²) < 4.78 is 5.64. The Morgan fingerprint density at radius 1 is 1.06 bits per heavy atom. The molecule has 0 saturated carbocycles. The van der Waals surface area contributed by atoms with E-state index in [1.54, 1.807) is 0 Å². The van der Waals surface area contributed by atoms with E-state index in [1.165, 1.54) is 11.1 Å². The number of carboxylic acid groups (broad SMARTS) is 1. The minimum Gasteiger partial charge on any atom is -0.484 e. The number of carboxylic acids is 1. The first kappa shape index (κ1) is 21.1. The molecule has 6 nitrogen and oxygen atoms in total. The van der Waals surface area contributed by atoms with E-state index in [0.717, 1.165) is 18.7 Å². The van der Waals surface area contributed by atoms with E-state index in [9.17, 15) is 14.7 Å². The van der Waals surface area contributed by atoms with Gasteiger partial charge in [0.25, 0.3) is 5.91 Å². The van der Waals surface area contributed by atoms with Crippen LogP contribution < -0.4 is 4.74 Å². The zero-order valence-electron chi connectivity index (χ0n) is 17.6. The van der Waals surface area contributed by atoms with Crippen LogP contribution in [0.3, 0.4) is 0 Å². The number of hydrogen-bond acceptors (Lipinski definition) is 4. The van der Waals surface area contributed by atoms with Gasteiger partial charge in [-0.2, -0.15) is 0 Å². The van der Waals surface area contributed by atoms with Crippen LogP contribution in [0, 0.1) is 11.8 Å². The van der Waals surface area contributed by atoms with Crippen molar-refractivity contribution in [3.05, 3.63) is 65.7 Å². The fraction of sp³-hybridized carbons (Fsp3) is 0.400. The third-order valence-electron chi connectivity index (χ3n) is 6.25. The zero-order chi connectivity index (χ0) is 21.6. The first-order chi connectivity index (χ1) is 15.1. The summed E-state index contributed by atoms with van der Waals surface area (Å²) in [6.07, 6.45) is 2.44. The predicted octanol–water partition coefficient (Wildman–Crippen LogP) is 3.44. The number of amides is 1. The van der Waals surface area contributed by atoms with Crippen LogP contribution in [0.15, 0.2) is 59.6 Å². The number of para-hydroxylation sites is 1. The predicted molar refractivity (Wildman–Crippen MR) is 119 cm³/mol. The van der Waals surface area contributed by atoms with E-state index in [4.69, 9.17) is 9.73 Å². The summed E-state index contributed by atoms with van der Waals surface area (Å²) in [5, 5.41) is 9.40. The molecule has 1 N–H and O–H groups in total. The average Bonchev–Trinajstić information content (AvgIpc) is 2.79. The van der Waals surface area contributed by atoms with E-state index in [-0.39, 0.29) is 30.8 Å². The lowest BCUT2D eigenvalue weighted by Crippen LogP contribution is -2.46. The summed E-state index contributed by atoms with van der Waals surface area (Å²) in [6, 6.07) is 17.6. The molecule has 0 spiro atoms. The molecule has 2 aromatic rings. The van der Waals surface area contributed by atoms with Gasteiger partial charge in [0.2, 0.25) is 0 Å². The maximum Gasteiger partial charge on any atom is 0.303 e. The molecule has 162 valence electrons. The van der Waals surface area contributed by atoms with E-state index in [0.29, 0.717) is 31.7 Å². The fourth-order valence-corrected chi connectivity index (χ4v) is 4.62. The molecule has 2 atom stereocenters. The molecule has 2 aliphatic heterocycles. The van der Waals surface area contributed by atoms with Gasteiger partial charge in [0.15, 0.2) is 6.61 Å². The summed E-state index contributed by atoms with van der Waals surface area (Å²) in [5.41, 5.74) is 3.50. The summed E-state index contributed by atoms with van der Waals surface area (Å²) in [7, 11) is 0. The minimum absolute atomic E-state index is 0.00981. The molecular weight excluding hydrogens is 392 g/mol. The van der Waals surface area contributed by atoms with Gasteiger partial charge in [-0.25, -0.2) is 0 Å². The Kier molecular flexibility index (Phi) is 6.65. The van der Waals surface area contributed by atoms with Crippen molar-refractivity contribution in [2.45, 2.75) is 25.7 Å². The van der Waals surface area contributed by atoms with Crippen molar-refractivity contribution in [1.82, 2.24) is 4.90 Å². The van der Waals surface area contributed by atoms with Crippen molar-refractivity contribution in [1.29, 1.82) is 0 Å². The largest absolute Gasteiger partial charge is 0.484 e. The second-order valence-corrected chi connectivity index (χ2v) is 8.29. The van der Waals surface area contributed by atoms with Crippen molar-refractivity contribution in [2.24, 2.45) is 16.8 Å². The monoisotopic (exact) mass is 420 g/mol. The maximum atomic E-state index is 12.8. The number of aliphatic imine (C=N–C) groups is 1. The van der Waals surface area contributed by atoms with Gasteiger partial charge in [-0.05, 0) is 54.4 Å². The number of likely N-dealkylation sites (tertiary alicyclic amines) is 1. The zero-order valence-corrected chi connectivity index (χ0v) is 17.6. The number of ether oxygens (including phenoxy) is 1. The normalized spacial score (nSPS) is 20.5. The molecule has 2 aliphatic rings. The molecule has 1 amide bonds. The maximum absolute atomic E-state index is 12.8. The highest BCUT2D eigenvalue weighted by molar-refractivity contribution is 6.02. The van der Waals surface area contributed by atoms with Crippen molar-refractivity contribution in [3.63, 3.8) is 0 Å². The number of aliphatic carboxylic acids is 1. The third-order valence-corrected chi connectivity index (χ3v) is 6.25. The van der Waals surface area contributed by atoms with Gasteiger partial charge in [-0.1, -0.05) is 42.5 Å². The smallest absolute Gasteiger partial charge is 0.303 e. The van der Waals surface area contributed by atoms with Crippen molar-refractivity contribution in [2.75, 3.05) is 26.2 Å². The lowest BCUT2D eigenvalue weighted by Gasteiger charge is -2.38.